The number of anilines is 1. The van der Waals surface area contributed by atoms with Gasteiger partial charge >= 0.3 is 6.09 Å². The normalized spacial score (nSPS) is 18.2. The molecule has 1 N–H and O–H groups in total. The minimum atomic E-state index is -0.449. The lowest BCUT2D eigenvalue weighted by atomic mass is 9.97. The molecule has 2 saturated heterocycles. The van der Waals surface area contributed by atoms with E-state index in [0.717, 1.165) is 77.1 Å². The molecule has 180 valence electrons. The summed E-state index contributed by atoms with van der Waals surface area (Å²) in [5.74, 6) is 2.26. The molecule has 0 unspecified atom stereocenters. The maximum atomic E-state index is 12.3. The number of piperazine rings is 1. The summed E-state index contributed by atoms with van der Waals surface area (Å²) in [4.78, 5) is 32.3. The van der Waals surface area contributed by atoms with Crippen molar-refractivity contribution in [1.82, 2.24) is 25.1 Å². The van der Waals surface area contributed by atoms with Crippen LogP contribution in [0, 0.1) is 5.92 Å². The van der Waals surface area contributed by atoms with Crippen LogP contribution >= 0.6 is 24.0 Å². The first-order chi connectivity index (χ1) is 14.9. The van der Waals surface area contributed by atoms with Gasteiger partial charge in [0.2, 0.25) is 5.95 Å². The molecule has 0 aromatic carbocycles. The van der Waals surface area contributed by atoms with Crippen LogP contribution in [0.25, 0.3) is 0 Å². The van der Waals surface area contributed by atoms with Gasteiger partial charge in [0.05, 0.1) is 0 Å². The largest absolute Gasteiger partial charge is 0.444 e. The van der Waals surface area contributed by atoms with E-state index in [1.54, 1.807) is 12.4 Å². The van der Waals surface area contributed by atoms with E-state index in [9.17, 15) is 4.79 Å². The third-order valence-corrected chi connectivity index (χ3v) is 5.51. The Kier molecular flexibility index (Phi) is 10.2. The van der Waals surface area contributed by atoms with Crippen molar-refractivity contribution in [3.8, 4) is 0 Å². The Hall–Kier alpha value is -1.85. The summed E-state index contributed by atoms with van der Waals surface area (Å²) in [6.07, 6.45) is 5.29. The third kappa shape index (κ3) is 7.93. The van der Waals surface area contributed by atoms with Gasteiger partial charge in [0, 0.05) is 64.8 Å². The number of likely N-dealkylation sites (tertiary alicyclic amines) is 1. The van der Waals surface area contributed by atoms with Gasteiger partial charge in [0.25, 0.3) is 0 Å². The highest BCUT2D eigenvalue weighted by Gasteiger charge is 2.27. The maximum Gasteiger partial charge on any atom is 0.410 e. The quantitative estimate of drug-likeness (QED) is 0.345. The van der Waals surface area contributed by atoms with Gasteiger partial charge in [-0.25, -0.2) is 14.8 Å². The number of carbonyl (C=O) groups is 1. The van der Waals surface area contributed by atoms with E-state index < -0.39 is 5.60 Å². The van der Waals surface area contributed by atoms with E-state index in [4.69, 9.17) is 9.73 Å². The van der Waals surface area contributed by atoms with Gasteiger partial charge in [-0.2, -0.15) is 0 Å². The minimum Gasteiger partial charge on any atom is -0.444 e. The number of guanidine groups is 1. The molecule has 1 amide bonds. The van der Waals surface area contributed by atoms with Crippen LogP contribution in [-0.2, 0) is 4.74 Å². The number of ether oxygens (including phenoxy) is 1. The van der Waals surface area contributed by atoms with E-state index in [2.05, 4.69) is 32.0 Å². The number of halogens is 1. The van der Waals surface area contributed by atoms with Crippen molar-refractivity contribution in [3.05, 3.63) is 18.5 Å². The van der Waals surface area contributed by atoms with Crippen LogP contribution in [0.3, 0.4) is 0 Å². The average Bonchev–Trinajstić information content (AvgIpc) is 2.76. The van der Waals surface area contributed by atoms with Crippen molar-refractivity contribution >= 4 is 42.0 Å². The molecule has 9 nitrogen and oxygen atoms in total. The predicted molar refractivity (Wildman–Crippen MR) is 138 cm³/mol. The molecule has 32 heavy (non-hydrogen) atoms. The average molecular weight is 559 g/mol. The van der Waals surface area contributed by atoms with Crippen molar-refractivity contribution in [2.75, 3.05) is 57.3 Å². The van der Waals surface area contributed by atoms with E-state index >= 15 is 0 Å². The van der Waals surface area contributed by atoms with Crippen LogP contribution in [0.2, 0.25) is 0 Å². The Bertz CT molecular complexity index is 726. The lowest BCUT2D eigenvalue weighted by molar-refractivity contribution is 0.0187. The molecule has 3 rings (SSSR count). The smallest absolute Gasteiger partial charge is 0.410 e. The van der Waals surface area contributed by atoms with E-state index in [1.165, 1.54) is 0 Å². The summed E-state index contributed by atoms with van der Waals surface area (Å²) in [7, 11) is 0. The van der Waals surface area contributed by atoms with Crippen LogP contribution in [0.4, 0.5) is 10.7 Å². The number of nitrogens with one attached hydrogen (secondary N) is 1. The number of amides is 1. The van der Waals surface area contributed by atoms with E-state index in [0.29, 0.717) is 5.92 Å². The molecule has 3 heterocycles. The van der Waals surface area contributed by atoms with Crippen LogP contribution < -0.4 is 10.2 Å². The number of rotatable bonds is 4. The molecule has 1 aromatic rings. The fourth-order valence-electron chi connectivity index (χ4n) is 3.84. The molecule has 10 heteroatoms. The zero-order chi connectivity index (χ0) is 22.3. The summed E-state index contributed by atoms with van der Waals surface area (Å²) in [5, 5.41) is 3.44. The first-order valence-electron chi connectivity index (χ1n) is 11.4. The number of hydrogen-bond acceptors (Lipinski definition) is 6. The van der Waals surface area contributed by atoms with Gasteiger partial charge in [0.15, 0.2) is 5.96 Å². The van der Waals surface area contributed by atoms with Crippen LogP contribution in [-0.4, -0.2) is 89.8 Å². The molecule has 2 aliphatic rings. The van der Waals surface area contributed by atoms with Crippen molar-refractivity contribution in [2.24, 2.45) is 10.9 Å². The van der Waals surface area contributed by atoms with Crippen molar-refractivity contribution in [2.45, 2.75) is 46.1 Å². The molecule has 0 bridgehead atoms. The number of carbonyl (C=O) groups excluding carboxylic acids is 1. The molecule has 2 fully saturated rings. The monoisotopic (exact) mass is 559 g/mol. The predicted octanol–water partition coefficient (Wildman–Crippen LogP) is 2.83. The standard InChI is InChI=1S/C22H37N7O2.HI/c1-5-23-19(27-13-15-28(16-14-27)20-24-9-6-10-25-20)26-17-18-7-11-29(12-8-18)21(30)31-22(2,3)4;/h6,9-10,18H,5,7-8,11-17H2,1-4H3,(H,23,26);1H. The van der Waals surface area contributed by atoms with Gasteiger partial charge < -0.3 is 24.8 Å². The van der Waals surface area contributed by atoms with Gasteiger partial charge in [-0.15, -0.1) is 24.0 Å². The molecular formula is C22H38IN7O2. The first-order valence-corrected chi connectivity index (χ1v) is 11.4. The Balaban J connectivity index is 0.00000363. The SMILES string of the molecule is CCNC(=NCC1CCN(C(=O)OC(C)(C)C)CC1)N1CCN(c2ncccn2)CC1.I. The summed E-state index contributed by atoms with van der Waals surface area (Å²) in [6.45, 7) is 14.5. The number of hydrogen-bond donors (Lipinski definition) is 1. The summed E-state index contributed by atoms with van der Waals surface area (Å²) < 4.78 is 5.49. The Morgan fingerprint density at radius 2 is 1.72 bits per heavy atom. The summed E-state index contributed by atoms with van der Waals surface area (Å²) in [6, 6.07) is 1.84. The summed E-state index contributed by atoms with van der Waals surface area (Å²) in [5.41, 5.74) is -0.449. The number of piperidine rings is 1. The molecule has 0 radical (unpaired) electrons. The fraction of sp³-hybridized carbons (Fsp3) is 0.727. The van der Waals surface area contributed by atoms with Gasteiger partial charge in [-0.05, 0) is 52.5 Å². The van der Waals surface area contributed by atoms with E-state index in [1.807, 2.05) is 31.7 Å². The highest BCUT2D eigenvalue weighted by molar-refractivity contribution is 14.0. The highest BCUT2D eigenvalue weighted by Crippen LogP contribution is 2.20. The molecule has 0 saturated carbocycles. The van der Waals surface area contributed by atoms with Crippen LogP contribution in [0.1, 0.15) is 40.5 Å². The third-order valence-electron chi connectivity index (χ3n) is 5.51. The van der Waals surface area contributed by atoms with Crippen molar-refractivity contribution < 1.29 is 9.53 Å². The molecular weight excluding hydrogens is 521 g/mol. The maximum absolute atomic E-state index is 12.3. The summed E-state index contributed by atoms with van der Waals surface area (Å²) >= 11 is 0. The van der Waals surface area contributed by atoms with Crippen molar-refractivity contribution in [1.29, 1.82) is 0 Å². The molecule has 0 atom stereocenters. The van der Waals surface area contributed by atoms with Gasteiger partial charge in [0.1, 0.15) is 5.60 Å². The molecule has 0 aliphatic carbocycles. The van der Waals surface area contributed by atoms with E-state index in [-0.39, 0.29) is 30.1 Å². The zero-order valence-electron chi connectivity index (χ0n) is 19.8. The van der Waals surface area contributed by atoms with Crippen LogP contribution in [0.15, 0.2) is 23.5 Å². The molecule has 1 aromatic heterocycles. The number of aliphatic imine (C=N–C) groups is 1. The van der Waals surface area contributed by atoms with Gasteiger partial charge in [-0.3, -0.25) is 4.99 Å². The second-order valence-corrected chi connectivity index (χ2v) is 9.13. The van der Waals surface area contributed by atoms with Crippen LogP contribution in [0.5, 0.6) is 0 Å². The van der Waals surface area contributed by atoms with Gasteiger partial charge in [-0.1, -0.05) is 0 Å². The number of nitrogens with zero attached hydrogens (tertiary/aromatic N) is 6. The highest BCUT2D eigenvalue weighted by atomic mass is 127. The second-order valence-electron chi connectivity index (χ2n) is 9.13. The number of aromatic nitrogens is 2. The second kappa shape index (κ2) is 12.4. The molecule has 2 aliphatic heterocycles. The zero-order valence-corrected chi connectivity index (χ0v) is 22.1. The molecule has 0 spiro atoms. The fourth-order valence-corrected chi connectivity index (χ4v) is 3.84. The topological polar surface area (TPSA) is 86.2 Å². The Morgan fingerprint density at radius 1 is 1.09 bits per heavy atom. The van der Waals surface area contributed by atoms with Crippen molar-refractivity contribution in [3.63, 3.8) is 0 Å². The first kappa shape index (κ1) is 26.4. The lowest BCUT2D eigenvalue weighted by Gasteiger charge is -2.37. The lowest BCUT2D eigenvalue weighted by Crippen LogP contribution is -2.53. The Labute approximate surface area is 209 Å². The minimum absolute atomic E-state index is 0. The Morgan fingerprint density at radius 3 is 2.28 bits per heavy atom.